The Balaban J connectivity index is 2.86. The van der Waals surface area contributed by atoms with Crippen LogP contribution >= 0.6 is 0 Å². The second-order valence-corrected chi connectivity index (χ2v) is 2.71. The molecule has 0 bridgehead atoms. The van der Waals surface area contributed by atoms with E-state index >= 15 is 0 Å². The number of ether oxygens (including phenoxy) is 1. The van der Waals surface area contributed by atoms with Crippen LogP contribution in [0.15, 0.2) is 11.9 Å². The van der Waals surface area contributed by atoms with Gasteiger partial charge in [-0.15, -0.1) is 0 Å². The molecule has 2 N–H and O–H groups in total. The van der Waals surface area contributed by atoms with Gasteiger partial charge in [-0.3, -0.25) is 4.79 Å². The summed E-state index contributed by atoms with van der Waals surface area (Å²) in [7, 11) is 1.43. The first-order valence-electron chi connectivity index (χ1n) is 4.83. The molecule has 1 atom stereocenters. The van der Waals surface area contributed by atoms with Crippen molar-refractivity contribution < 1.29 is 17.4 Å². The third kappa shape index (κ3) is 1.99. The van der Waals surface area contributed by atoms with E-state index < -0.39 is 12.7 Å². The van der Waals surface area contributed by atoms with Crippen molar-refractivity contribution in [2.45, 2.75) is 13.1 Å². The average molecular weight is 188 g/mol. The smallest absolute Gasteiger partial charge is 0.172 e. The lowest BCUT2D eigenvalue weighted by atomic mass is 10.3. The molecule has 5 nitrogen and oxygen atoms in total. The highest BCUT2D eigenvalue weighted by molar-refractivity contribution is 5.81. The van der Waals surface area contributed by atoms with Crippen LogP contribution in [-0.2, 0) is 9.53 Å². The predicted octanol–water partition coefficient (Wildman–Crippen LogP) is -0.756. The van der Waals surface area contributed by atoms with Crippen LogP contribution in [0.4, 0.5) is 0 Å². The second-order valence-electron chi connectivity index (χ2n) is 2.71. The van der Waals surface area contributed by atoms with Gasteiger partial charge >= 0.3 is 0 Å². The van der Waals surface area contributed by atoms with Gasteiger partial charge in [0.15, 0.2) is 11.9 Å². The summed E-state index contributed by atoms with van der Waals surface area (Å²) < 4.78 is 19.2. The molecule has 1 aliphatic rings. The molecule has 0 saturated heterocycles. The Kier molecular flexibility index (Phi) is 2.40. The Bertz CT molecular complexity index is 288. The Labute approximate surface area is 79.8 Å². The van der Waals surface area contributed by atoms with Gasteiger partial charge in [0.2, 0.25) is 0 Å². The number of nitrogens with zero attached hydrogens (tertiary/aromatic N) is 1. The summed E-state index contributed by atoms with van der Waals surface area (Å²) in [6.07, 6.45) is 0.604. The molecule has 1 aliphatic heterocycles. The normalized spacial score (nSPS) is 24.7. The fourth-order valence-electron chi connectivity index (χ4n) is 1.19. The highest BCUT2D eigenvalue weighted by Crippen LogP contribution is 2.13. The van der Waals surface area contributed by atoms with Crippen LogP contribution in [0.5, 0.6) is 0 Å². The van der Waals surface area contributed by atoms with E-state index in [-0.39, 0.29) is 18.2 Å². The topological polar surface area (TPSA) is 61.8 Å². The first-order chi connectivity index (χ1) is 6.88. The van der Waals surface area contributed by atoms with E-state index in [0.29, 0.717) is 0 Å². The molecule has 5 heteroatoms. The van der Waals surface area contributed by atoms with Crippen molar-refractivity contribution in [3.05, 3.63) is 11.9 Å². The molecule has 74 valence electrons. The summed E-state index contributed by atoms with van der Waals surface area (Å²) >= 11 is 0. The van der Waals surface area contributed by atoms with E-state index in [9.17, 15) is 9.90 Å². The molecule has 0 aromatic heterocycles. The van der Waals surface area contributed by atoms with Crippen LogP contribution in [0, 0.1) is 0 Å². The lowest BCUT2D eigenvalue weighted by Crippen LogP contribution is -2.43. The minimum absolute atomic E-state index is 0.00968. The van der Waals surface area contributed by atoms with Gasteiger partial charge in [0.1, 0.15) is 6.73 Å². The van der Waals surface area contributed by atoms with Crippen molar-refractivity contribution in [2.75, 3.05) is 20.4 Å². The van der Waals surface area contributed by atoms with Gasteiger partial charge in [-0.2, -0.15) is 0 Å². The molecule has 13 heavy (non-hydrogen) atoms. The van der Waals surface area contributed by atoms with Gasteiger partial charge in [-0.1, -0.05) is 0 Å². The number of hydrogen-bond donors (Lipinski definition) is 2. The van der Waals surface area contributed by atoms with Crippen molar-refractivity contribution >= 4 is 5.78 Å². The van der Waals surface area contributed by atoms with Gasteiger partial charge in [0.05, 0.1) is 15.0 Å². The first kappa shape index (κ1) is 7.34. The number of hydrogen-bond acceptors (Lipinski definition) is 5. The monoisotopic (exact) mass is 188 g/mol. The van der Waals surface area contributed by atoms with Crippen molar-refractivity contribution in [3.8, 4) is 0 Å². The minimum Gasteiger partial charge on any atom is -0.390 e. The summed E-state index contributed by atoms with van der Waals surface area (Å²) in [5.41, 5.74) is -0.00968. The summed E-state index contributed by atoms with van der Waals surface area (Å²) in [6.45, 7) is -1.08. The molecular formula is C8H14N2O3. The maximum atomic E-state index is 11.2. The Morgan fingerprint density at radius 1 is 2.00 bits per heavy atom. The number of Topliss-reactive ketones (excluding diaryl/α,β-unsaturated/α-hetero) is 1. The van der Waals surface area contributed by atoms with E-state index in [1.165, 1.54) is 25.1 Å². The molecule has 1 unspecified atom stereocenters. The van der Waals surface area contributed by atoms with E-state index in [2.05, 4.69) is 5.32 Å². The van der Waals surface area contributed by atoms with Gasteiger partial charge < -0.3 is 20.1 Å². The maximum absolute atomic E-state index is 11.2. The van der Waals surface area contributed by atoms with Crippen molar-refractivity contribution in [1.82, 2.24) is 10.2 Å². The molecule has 0 spiro atoms. The number of aliphatic hydroxyl groups is 1. The Hall–Kier alpha value is -1.07. The third-order valence-corrected chi connectivity index (χ3v) is 1.77. The molecule has 0 aromatic rings. The quantitative estimate of drug-likeness (QED) is 0.607. The Morgan fingerprint density at radius 3 is 3.15 bits per heavy atom. The van der Waals surface area contributed by atoms with Crippen LogP contribution in [0.2, 0.25) is 0 Å². The van der Waals surface area contributed by atoms with Gasteiger partial charge in [-0.05, 0) is 6.92 Å². The number of carbonyl (C=O) groups excluding carboxylic acids is 1. The third-order valence-electron chi connectivity index (χ3n) is 1.77. The summed E-state index contributed by atoms with van der Waals surface area (Å²) in [4.78, 5) is 12.5. The van der Waals surface area contributed by atoms with Crippen molar-refractivity contribution in [1.29, 1.82) is 0 Å². The van der Waals surface area contributed by atoms with Crippen LogP contribution in [-0.4, -0.2) is 42.4 Å². The van der Waals surface area contributed by atoms with E-state index in [0.717, 1.165) is 0 Å². The van der Waals surface area contributed by atoms with Crippen molar-refractivity contribution in [3.63, 3.8) is 0 Å². The summed E-state index contributed by atoms with van der Waals surface area (Å²) in [6, 6.07) is 0. The molecular weight excluding hydrogens is 172 g/mol. The SMILES string of the molecule is [2H]C([2H])(O)C1=CNC(C(C)=O)N1COC. The molecule has 0 amide bonds. The van der Waals surface area contributed by atoms with Gasteiger partial charge in [0.25, 0.3) is 0 Å². The Morgan fingerprint density at radius 2 is 2.69 bits per heavy atom. The highest BCUT2D eigenvalue weighted by atomic mass is 16.5. The van der Waals surface area contributed by atoms with Crippen molar-refractivity contribution in [2.24, 2.45) is 0 Å². The summed E-state index contributed by atoms with van der Waals surface area (Å²) in [5.74, 6) is -0.178. The molecule has 0 aromatic carbocycles. The van der Waals surface area contributed by atoms with Crippen LogP contribution < -0.4 is 5.32 Å². The zero-order valence-electron chi connectivity index (χ0n) is 9.57. The maximum Gasteiger partial charge on any atom is 0.172 e. The molecule has 0 saturated carbocycles. The molecule has 1 heterocycles. The fraction of sp³-hybridized carbons (Fsp3) is 0.625. The average Bonchev–Trinajstić information content (AvgIpc) is 2.47. The standard InChI is InChI=1S/C8H14N2O3/c1-6(12)8-9-3-7(4-11)10(8)5-13-2/h3,8-9,11H,4-5H2,1-2H3/i4D2. The van der Waals surface area contributed by atoms with E-state index in [1.807, 2.05) is 0 Å². The fourth-order valence-corrected chi connectivity index (χ4v) is 1.19. The number of methoxy groups -OCH3 is 1. The number of ketones is 1. The lowest BCUT2D eigenvalue weighted by molar-refractivity contribution is -0.123. The van der Waals surface area contributed by atoms with E-state index in [4.69, 9.17) is 7.48 Å². The first-order valence-corrected chi connectivity index (χ1v) is 3.83. The second kappa shape index (κ2) is 4.25. The molecule has 0 fully saturated rings. The summed E-state index contributed by atoms with van der Waals surface area (Å²) in [5, 5.41) is 11.9. The molecule has 0 radical (unpaired) electrons. The lowest BCUT2D eigenvalue weighted by Gasteiger charge is -2.25. The largest absolute Gasteiger partial charge is 0.390 e. The minimum atomic E-state index is -2.49. The number of nitrogens with one attached hydrogen (secondary N) is 1. The zero-order valence-corrected chi connectivity index (χ0v) is 7.57. The number of carbonyl (C=O) groups is 1. The van der Waals surface area contributed by atoms with Gasteiger partial charge in [0, 0.05) is 13.3 Å². The molecule has 0 aliphatic carbocycles. The zero-order chi connectivity index (χ0) is 11.6. The van der Waals surface area contributed by atoms with E-state index in [1.54, 1.807) is 0 Å². The molecule has 1 rings (SSSR count). The van der Waals surface area contributed by atoms with Crippen LogP contribution in [0.1, 0.15) is 9.67 Å². The number of rotatable bonds is 4. The van der Waals surface area contributed by atoms with Crippen LogP contribution in [0.3, 0.4) is 0 Å². The van der Waals surface area contributed by atoms with Gasteiger partial charge in [-0.25, -0.2) is 0 Å². The van der Waals surface area contributed by atoms with Crippen LogP contribution in [0.25, 0.3) is 0 Å². The highest BCUT2D eigenvalue weighted by Gasteiger charge is 2.28. The predicted molar refractivity (Wildman–Crippen MR) is 46.5 cm³/mol.